The molecule has 50 heavy (non-hydrogen) atoms. The molecule has 0 radical (unpaired) electrons. The predicted molar refractivity (Wildman–Crippen MR) is 202 cm³/mol. The summed E-state index contributed by atoms with van der Waals surface area (Å²) in [6.07, 6.45) is 6.79. The summed E-state index contributed by atoms with van der Waals surface area (Å²) in [5.74, 6) is 2.56. The maximum absolute atomic E-state index is 6.59. The fourth-order valence-electron chi connectivity index (χ4n) is 8.32. The van der Waals surface area contributed by atoms with Gasteiger partial charge in [0.25, 0.3) is 0 Å². The van der Waals surface area contributed by atoms with Gasteiger partial charge in [-0.15, -0.1) is 0 Å². The van der Waals surface area contributed by atoms with Crippen LogP contribution in [0.1, 0.15) is 35.1 Å². The molecule has 1 aliphatic heterocycles. The number of hydrogen-bond donors (Lipinski definition) is 0. The van der Waals surface area contributed by atoms with Crippen molar-refractivity contribution in [2.45, 2.75) is 18.3 Å². The molecule has 2 heterocycles. The Morgan fingerprint density at radius 3 is 1.74 bits per heavy atom. The van der Waals surface area contributed by atoms with E-state index in [1.165, 1.54) is 44.5 Å². The summed E-state index contributed by atoms with van der Waals surface area (Å²) in [7, 11) is 0. The molecule has 0 saturated carbocycles. The number of aromatic nitrogens is 2. The number of rotatable bonds is 4. The van der Waals surface area contributed by atoms with Crippen LogP contribution in [0.2, 0.25) is 0 Å². The van der Waals surface area contributed by atoms with E-state index < -0.39 is 5.41 Å². The summed E-state index contributed by atoms with van der Waals surface area (Å²) >= 11 is 0. The van der Waals surface area contributed by atoms with Crippen LogP contribution < -0.4 is 4.74 Å². The first-order chi connectivity index (χ1) is 24.8. The zero-order valence-electron chi connectivity index (χ0n) is 27.4. The van der Waals surface area contributed by atoms with Crippen molar-refractivity contribution in [1.82, 2.24) is 9.97 Å². The lowest BCUT2D eigenvalue weighted by atomic mass is 9.63. The highest BCUT2D eigenvalue weighted by atomic mass is 16.5. The lowest BCUT2D eigenvalue weighted by Crippen LogP contribution is -2.33. The third kappa shape index (κ3) is 4.30. The maximum atomic E-state index is 6.59. The Labute approximate surface area is 291 Å². The van der Waals surface area contributed by atoms with Gasteiger partial charge < -0.3 is 4.74 Å². The van der Waals surface area contributed by atoms with Gasteiger partial charge in [0, 0.05) is 27.8 Å². The van der Waals surface area contributed by atoms with Gasteiger partial charge in [-0.3, -0.25) is 0 Å². The second-order valence-electron chi connectivity index (χ2n) is 13.2. The van der Waals surface area contributed by atoms with Crippen LogP contribution >= 0.6 is 0 Å². The molecule has 3 aliphatic rings. The van der Waals surface area contributed by atoms with Crippen LogP contribution in [-0.4, -0.2) is 9.97 Å². The number of benzene rings is 6. The van der Waals surface area contributed by atoms with Gasteiger partial charge in [0.2, 0.25) is 0 Å². The number of fused-ring (bicyclic) bond motifs is 8. The van der Waals surface area contributed by atoms with E-state index in [-0.39, 0.29) is 0 Å². The molecule has 0 fully saturated rings. The largest absolute Gasteiger partial charge is 0.457 e. The summed E-state index contributed by atoms with van der Waals surface area (Å²) in [5.41, 5.74) is 14.7. The molecule has 0 atom stereocenters. The fraction of sp³-hybridized carbons (Fsp3) is 0.0638. The van der Waals surface area contributed by atoms with E-state index in [1.807, 2.05) is 24.3 Å². The Morgan fingerprint density at radius 2 is 1.06 bits per heavy atom. The monoisotopic (exact) mass is 640 g/mol. The van der Waals surface area contributed by atoms with Crippen LogP contribution in [-0.2, 0) is 5.41 Å². The lowest BCUT2D eigenvalue weighted by molar-refractivity contribution is 0.436. The van der Waals surface area contributed by atoms with Crippen LogP contribution in [0.25, 0.3) is 50.6 Å². The third-order valence-electron chi connectivity index (χ3n) is 10.5. The Bertz CT molecular complexity index is 2390. The summed E-state index contributed by atoms with van der Waals surface area (Å²) < 4.78 is 6.59. The van der Waals surface area contributed by atoms with Crippen molar-refractivity contribution in [1.29, 1.82) is 0 Å². The number of ether oxygens (including phenoxy) is 1. The molecule has 0 unspecified atom stereocenters. The molecule has 0 bridgehead atoms. The van der Waals surface area contributed by atoms with Crippen molar-refractivity contribution in [3.05, 3.63) is 198 Å². The molecule has 0 N–H and O–H groups in total. The minimum absolute atomic E-state index is 0.482. The van der Waals surface area contributed by atoms with Crippen LogP contribution in [0.5, 0.6) is 11.5 Å². The molecule has 0 saturated heterocycles. The van der Waals surface area contributed by atoms with Gasteiger partial charge in [0.15, 0.2) is 5.82 Å². The van der Waals surface area contributed by atoms with Crippen molar-refractivity contribution < 1.29 is 4.74 Å². The molecular weight excluding hydrogens is 609 g/mol. The first-order valence-electron chi connectivity index (χ1n) is 17.3. The average molecular weight is 641 g/mol. The molecule has 2 aliphatic carbocycles. The summed E-state index contributed by atoms with van der Waals surface area (Å²) in [4.78, 5) is 10.1. The predicted octanol–water partition coefficient (Wildman–Crippen LogP) is 11.7. The molecule has 3 nitrogen and oxygen atoms in total. The van der Waals surface area contributed by atoms with E-state index in [0.29, 0.717) is 0 Å². The topological polar surface area (TPSA) is 35.0 Å². The minimum Gasteiger partial charge on any atom is -0.457 e. The molecule has 1 spiro atoms. The first kappa shape index (κ1) is 28.7. The lowest BCUT2D eigenvalue weighted by Gasteiger charge is -2.41. The molecule has 236 valence electrons. The number of allylic oxidation sites excluding steroid dienone is 4. The molecule has 1 aromatic heterocycles. The minimum atomic E-state index is -0.482. The SMILES string of the molecule is C1=CC2=C(CC1)c1cccc(-c3ccc(-c4cc(-c5ccccc5)nc(-c5ccccc5)n4)cc3)c1C21c2ccccc2Oc2ccccc21. The number of hydrogen-bond acceptors (Lipinski definition) is 3. The van der Waals surface area contributed by atoms with Crippen molar-refractivity contribution in [3.8, 4) is 56.5 Å². The second-order valence-corrected chi connectivity index (χ2v) is 13.2. The van der Waals surface area contributed by atoms with Crippen LogP contribution in [0.4, 0.5) is 0 Å². The third-order valence-corrected chi connectivity index (χ3v) is 10.5. The fourth-order valence-corrected chi connectivity index (χ4v) is 8.32. The van der Waals surface area contributed by atoms with E-state index >= 15 is 0 Å². The standard InChI is InChI=1S/C47H32N2O/c1-3-14-32(15-4-1)41-30-42(49-46(48-41)34-16-5-2-6-17-34)33-28-26-31(27-29-33)35-19-13-20-37-36-18-7-8-21-38(36)47(45(35)37)39-22-9-11-24-43(39)50-44-25-12-10-23-40(44)47/h1-6,8-17,19-30H,7,18H2. The Kier molecular flexibility index (Phi) is 6.53. The second kappa shape index (κ2) is 11.4. The van der Waals surface area contributed by atoms with Crippen molar-refractivity contribution in [2.24, 2.45) is 0 Å². The Hall–Kier alpha value is -6.32. The van der Waals surface area contributed by atoms with E-state index in [1.54, 1.807) is 0 Å². The molecule has 3 heteroatoms. The first-order valence-corrected chi connectivity index (χ1v) is 17.3. The van der Waals surface area contributed by atoms with E-state index in [4.69, 9.17) is 14.7 Å². The van der Waals surface area contributed by atoms with Gasteiger partial charge in [0.1, 0.15) is 11.5 Å². The molecule has 7 aromatic rings. The smallest absolute Gasteiger partial charge is 0.160 e. The van der Waals surface area contributed by atoms with E-state index in [9.17, 15) is 0 Å². The average Bonchev–Trinajstić information content (AvgIpc) is 3.49. The zero-order chi connectivity index (χ0) is 33.1. The van der Waals surface area contributed by atoms with Gasteiger partial charge in [0.05, 0.1) is 16.8 Å². The number of nitrogens with zero attached hydrogens (tertiary/aromatic N) is 2. The summed E-state index contributed by atoms with van der Waals surface area (Å²) in [6.45, 7) is 0. The van der Waals surface area contributed by atoms with Gasteiger partial charge >= 0.3 is 0 Å². The summed E-state index contributed by atoms with van der Waals surface area (Å²) in [5, 5.41) is 0. The van der Waals surface area contributed by atoms with Crippen LogP contribution in [0.15, 0.2) is 175 Å². The highest BCUT2D eigenvalue weighted by Gasteiger charge is 2.52. The van der Waals surface area contributed by atoms with Gasteiger partial charge in [-0.2, -0.15) is 0 Å². The number of para-hydroxylation sites is 2. The zero-order valence-corrected chi connectivity index (χ0v) is 27.4. The molecular formula is C47H32N2O. The van der Waals surface area contributed by atoms with Crippen LogP contribution in [0, 0.1) is 0 Å². The van der Waals surface area contributed by atoms with E-state index in [0.717, 1.165) is 58.2 Å². The van der Waals surface area contributed by atoms with Gasteiger partial charge in [-0.05, 0) is 64.4 Å². The Morgan fingerprint density at radius 1 is 0.500 bits per heavy atom. The van der Waals surface area contributed by atoms with Crippen molar-refractivity contribution in [2.75, 3.05) is 0 Å². The summed E-state index contributed by atoms with van der Waals surface area (Å²) in [6, 6.07) is 55.7. The highest BCUT2D eigenvalue weighted by Crippen LogP contribution is 2.64. The molecule has 10 rings (SSSR count). The maximum Gasteiger partial charge on any atom is 0.160 e. The van der Waals surface area contributed by atoms with Crippen molar-refractivity contribution in [3.63, 3.8) is 0 Å². The van der Waals surface area contributed by atoms with E-state index in [2.05, 4.69) is 146 Å². The Balaban J connectivity index is 1.15. The quantitative estimate of drug-likeness (QED) is 0.192. The molecule has 0 amide bonds. The van der Waals surface area contributed by atoms with Crippen molar-refractivity contribution >= 4 is 5.57 Å². The highest BCUT2D eigenvalue weighted by molar-refractivity contribution is 5.95. The van der Waals surface area contributed by atoms with Gasteiger partial charge in [-0.1, -0.05) is 152 Å². The van der Waals surface area contributed by atoms with Gasteiger partial charge in [-0.25, -0.2) is 9.97 Å². The normalized spacial score (nSPS) is 14.8. The van der Waals surface area contributed by atoms with Crippen LogP contribution in [0.3, 0.4) is 0 Å². The molecule has 6 aromatic carbocycles.